The average Bonchev–Trinajstić information content (AvgIpc) is 2.92. The Labute approximate surface area is 220 Å². The molecule has 0 fully saturated rings. The number of hydrogen-bond donors (Lipinski definition) is 1. The molecule has 0 atom stereocenters. The van der Waals surface area contributed by atoms with Crippen molar-refractivity contribution in [1.29, 1.82) is 0 Å². The molecule has 5 aromatic rings. The van der Waals surface area contributed by atoms with Gasteiger partial charge in [0.05, 0.1) is 9.86 Å². The van der Waals surface area contributed by atoms with Crippen LogP contribution in [0.25, 0.3) is 11.0 Å². The Kier molecular flexibility index (Phi) is 7.19. The molecule has 0 spiro atoms. The van der Waals surface area contributed by atoms with Gasteiger partial charge in [0.15, 0.2) is 6.61 Å². The zero-order valence-corrected chi connectivity index (χ0v) is 20.9. The molecule has 0 saturated heterocycles. The van der Waals surface area contributed by atoms with E-state index in [0.717, 1.165) is 5.75 Å². The van der Waals surface area contributed by atoms with Crippen LogP contribution in [0.15, 0.2) is 117 Å². The fourth-order valence-electron chi connectivity index (χ4n) is 3.47. The van der Waals surface area contributed by atoms with Gasteiger partial charge in [-0.25, -0.2) is 0 Å². The Morgan fingerprint density at radius 2 is 1.49 bits per heavy atom. The molecular formula is C29H20BrNO6. The molecule has 0 radical (unpaired) electrons. The molecule has 1 N–H and O–H groups in total. The van der Waals surface area contributed by atoms with Crippen LogP contribution in [0.1, 0.15) is 0 Å². The van der Waals surface area contributed by atoms with Gasteiger partial charge in [-0.2, -0.15) is 0 Å². The average molecular weight is 558 g/mol. The summed E-state index contributed by atoms with van der Waals surface area (Å²) in [5.41, 5.74) is 0.605. The highest BCUT2D eigenvalue weighted by Gasteiger charge is 2.12. The summed E-state index contributed by atoms with van der Waals surface area (Å²) in [5.74, 6) is 1.99. The van der Waals surface area contributed by atoms with Gasteiger partial charge in [0.25, 0.3) is 5.91 Å². The van der Waals surface area contributed by atoms with Crippen LogP contribution in [0.5, 0.6) is 28.7 Å². The highest BCUT2D eigenvalue weighted by molar-refractivity contribution is 9.10. The van der Waals surface area contributed by atoms with Crippen molar-refractivity contribution in [3.05, 3.63) is 118 Å². The third kappa shape index (κ3) is 5.99. The molecule has 0 bridgehead atoms. The maximum Gasteiger partial charge on any atom is 0.262 e. The number of carbonyl (C=O) groups is 1. The molecule has 1 amide bonds. The van der Waals surface area contributed by atoms with Gasteiger partial charge in [-0.1, -0.05) is 30.3 Å². The summed E-state index contributed by atoms with van der Waals surface area (Å²) in [6, 6.07) is 28.4. The van der Waals surface area contributed by atoms with Gasteiger partial charge in [-0.15, -0.1) is 0 Å². The smallest absolute Gasteiger partial charge is 0.262 e. The predicted octanol–water partition coefficient (Wildman–Crippen LogP) is 7.16. The number of para-hydroxylation sites is 2. The summed E-state index contributed by atoms with van der Waals surface area (Å²) < 4.78 is 23.4. The van der Waals surface area contributed by atoms with E-state index in [1.807, 2.05) is 42.5 Å². The number of benzene rings is 4. The molecule has 1 aromatic heterocycles. The number of nitrogens with one attached hydrogen (secondary N) is 1. The second-order valence-electron chi connectivity index (χ2n) is 7.90. The summed E-state index contributed by atoms with van der Waals surface area (Å²) in [7, 11) is 0. The standard InChI is InChI=1S/C29H20BrNO6/c30-24-8-4-5-9-25(24)37-27-17-35-26-16-22(14-15-23(26)29(27)33)34-18-28(32)31-19-10-12-21(13-11-19)36-20-6-2-1-3-7-20/h1-17H,18H2,(H,31,32). The molecule has 7 nitrogen and oxygen atoms in total. The maximum absolute atomic E-state index is 12.8. The van der Waals surface area contributed by atoms with Crippen LogP contribution in [0, 0.1) is 0 Å². The number of ether oxygens (including phenoxy) is 3. The van der Waals surface area contributed by atoms with Gasteiger partial charge in [0.1, 0.15) is 34.8 Å². The minimum Gasteiger partial charge on any atom is -0.484 e. The lowest BCUT2D eigenvalue weighted by atomic mass is 10.2. The first-order valence-electron chi connectivity index (χ1n) is 11.3. The molecule has 0 saturated carbocycles. The molecule has 8 heteroatoms. The fraction of sp³-hybridized carbons (Fsp3) is 0.0345. The largest absolute Gasteiger partial charge is 0.484 e. The summed E-state index contributed by atoms with van der Waals surface area (Å²) in [5, 5.41) is 3.10. The van der Waals surface area contributed by atoms with Gasteiger partial charge in [0.2, 0.25) is 11.2 Å². The van der Waals surface area contributed by atoms with E-state index in [4.69, 9.17) is 18.6 Å². The fourth-order valence-corrected chi connectivity index (χ4v) is 3.84. The molecule has 0 aliphatic rings. The van der Waals surface area contributed by atoms with Crippen LogP contribution in [0.2, 0.25) is 0 Å². The van der Waals surface area contributed by atoms with Crippen molar-refractivity contribution in [1.82, 2.24) is 0 Å². The van der Waals surface area contributed by atoms with Crippen LogP contribution in [0.4, 0.5) is 5.69 Å². The minimum absolute atomic E-state index is 0.0626. The van der Waals surface area contributed by atoms with E-state index in [1.54, 1.807) is 54.6 Å². The highest BCUT2D eigenvalue weighted by Crippen LogP contribution is 2.29. The van der Waals surface area contributed by atoms with E-state index in [0.29, 0.717) is 38.4 Å². The maximum atomic E-state index is 12.8. The van der Waals surface area contributed by atoms with E-state index in [9.17, 15) is 9.59 Å². The first-order chi connectivity index (χ1) is 18.0. The molecule has 37 heavy (non-hydrogen) atoms. The highest BCUT2D eigenvalue weighted by atomic mass is 79.9. The van der Waals surface area contributed by atoms with Gasteiger partial charge < -0.3 is 23.9 Å². The van der Waals surface area contributed by atoms with Gasteiger partial charge >= 0.3 is 0 Å². The normalized spacial score (nSPS) is 10.6. The number of hydrogen-bond acceptors (Lipinski definition) is 6. The van der Waals surface area contributed by atoms with Crippen molar-refractivity contribution < 1.29 is 23.4 Å². The number of anilines is 1. The summed E-state index contributed by atoms with van der Waals surface area (Å²) in [4.78, 5) is 25.2. The zero-order valence-electron chi connectivity index (χ0n) is 19.3. The molecule has 0 aliphatic heterocycles. The van der Waals surface area contributed by atoms with Crippen molar-refractivity contribution in [3.63, 3.8) is 0 Å². The second-order valence-corrected chi connectivity index (χ2v) is 8.75. The molecule has 0 aliphatic carbocycles. The number of carbonyl (C=O) groups excluding carboxylic acids is 1. The van der Waals surface area contributed by atoms with Crippen LogP contribution in [-0.2, 0) is 4.79 Å². The van der Waals surface area contributed by atoms with E-state index in [2.05, 4.69) is 21.2 Å². The molecule has 5 rings (SSSR count). The lowest BCUT2D eigenvalue weighted by Gasteiger charge is -2.10. The zero-order chi connectivity index (χ0) is 25.6. The van der Waals surface area contributed by atoms with E-state index >= 15 is 0 Å². The third-order valence-corrected chi connectivity index (χ3v) is 5.91. The topological polar surface area (TPSA) is 87.0 Å². The van der Waals surface area contributed by atoms with Crippen LogP contribution in [0.3, 0.4) is 0 Å². The van der Waals surface area contributed by atoms with E-state index in [1.165, 1.54) is 6.26 Å². The van der Waals surface area contributed by atoms with Gasteiger partial charge in [-0.05, 0) is 76.6 Å². The number of halogens is 1. The minimum atomic E-state index is -0.338. The van der Waals surface area contributed by atoms with Crippen LogP contribution < -0.4 is 25.0 Å². The second kappa shape index (κ2) is 11.0. The molecule has 184 valence electrons. The SMILES string of the molecule is O=C(COc1ccc2c(=O)c(Oc3ccccc3Br)coc2c1)Nc1ccc(Oc2ccccc2)cc1. The summed E-state index contributed by atoms with van der Waals surface area (Å²) in [6.45, 7) is -0.221. The lowest BCUT2D eigenvalue weighted by molar-refractivity contribution is -0.118. The Morgan fingerprint density at radius 1 is 0.784 bits per heavy atom. The number of amides is 1. The lowest BCUT2D eigenvalue weighted by Crippen LogP contribution is -2.20. The van der Waals surface area contributed by atoms with Crippen molar-refractivity contribution >= 4 is 38.5 Å². The molecular weight excluding hydrogens is 538 g/mol. The van der Waals surface area contributed by atoms with Crippen LogP contribution >= 0.6 is 15.9 Å². The Hall–Kier alpha value is -4.56. The predicted molar refractivity (Wildman–Crippen MR) is 144 cm³/mol. The first kappa shape index (κ1) is 24.1. The monoisotopic (exact) mass is 557 g/mol. The van der Waals surface area contributed by atoms with Gasteiger partial charge in [-0.3, -0.25) is 9.59 Å². The molecule has 1 heterocycles. The van der Waals surface area contributed by atoms with Gasteiger partial charge in [0, 0.05) is 11.8 Å². The summed E-state index contributed by atoms with van der Waals surface area (Å²) >= 11 is 3.39. The Morgan fingerprint density at radius 3 is 2.27 bits per heavy atom. The van der Waals surface area contributed by atoms with E-state index in [-0.39, 0.29) is 23.7 Å². The first-order valence-corrected chi connectivity index (χ1v) is 12.1. The number of rotatable bonds is 8. The molecule has 0 unspecified atom stereocenters. The Bertz CT molecular complexity index is 1600. The van der Waals surface area contributed by atoms with Crippen molar-refractivity contribution in [3.8, 4) is 28.7 Å². The number of fused-ring (bicyclic) bond motifs is 1. The van der Waals surface area contributed by atoms with E-state index < -0.39 is 0 Å². The third-order valence-electron chi connectivity index (χ3n) is 5.26. The summed E-state index contributed by atoms with van der Waals surface area (Å²) in [6.07, 6.45) is 1.26. The van der Waals surface area contributed by atoms with Crippen LogP contribution in [-0.4, -0.2) is 12.5 Å². The van der Waals surface area contributed by atoms with Crippen molar-refractivity contribution in [2.75, 3.05) is 11.9 Å². The Balaban J connectivity index is 1.19. The van der Waals surface area contributed by atoms with Crippen molar-refractivity contribution in [2.45, 2.75) is 0 Å². The van der Waals surface area contributed by atoms with Crippen molar-refractivity contribution in [2.24, 2.45) is 0 Å². The quantitative estimate of drug-likeness (QED) is 0.218. The molecule has 4 aromatic carbocycles.